The van der Waals surface area contributed by atoms with Crippen molar-refractivity contribution in [1.29, 1.82) is 0 Å². The highest BCUT2D eigenvalue weighted by Gasteiger charge is 2.42. The van der Waals surface area contributed by atoms with E-state index in [0.717, 1.165) is 24.1 Å². The predicted molar refractivity (Wildman–Crippen MR) is 102 cm³/mol. The lowest BCUT2D eigenvalue weighted by atomic mass is 9.76. The number of fused-ring (bicyclic) bond motifs is 3. The summed E-state index contributed by atoms with van der Waals surface area (Å²) in [7, 11) is 1.60. The van der Waals surface area contributed by atoms with Gasteiger partial charge in [-0.25, -0.2) is 0 Å². The number of aryl methyl sites for hydroxylation is 1. The van der Waals surface area contributed by atoms with Crippen molar-refractivity contribution in [2.24, 2.45) is 5.92 Å². The molecule has 1 aliphatic heterocycles. The molecule has 2 aromatic rings. The highest BCUT2D eigenvalue weighted by Crippen LogP contribution is 2.54. The first-order valence-electron chi connectivity index (χ1n) is 9.01. The normalized spacial score (nSPS) is 23.1. The third kappa shape index (κ3) is 2.55. The highest BCUT2D eigenvalue weighted by atomic mass is 16.6. The Kier molecular flexibility index (Phi) is 4.15. The van der Waals surface area contributed by atoms with Gasteiger partial charge in [-0.3, -0.25) is 10.1 Å². The van der Waals surface area contributed by atoms with Gasteiger partial charge in [-0.2, -0.15) is 0 Å². The molecule has 2 unspecified atom stereocenters. The molecule has 1 heterocycles. The van der Waals surface area contributed by atoms with Crippen molar-refractivity contribution < 1.29 is 9.66 Å². The number of hydrogen-bond acceptors (Lipinski definition) is 4. The first-order valence-corrected chi connectivity index (χ1v) is 9.01. The van der Waals surface area contributed by atoms with Crippen LogP contribution in [0.1, 0.15) is 42.0 Å². The molecule has 1 aliphatic carbocycles. The summed E-state index contributed by atoms with van der Waals surface area (Å²) in [5.74, 6) is 0.943. The number of nitrogens with one attached hydrogen (secondary N) is 1. The summed E-state index contributed by atoms with van der Waals surface area (Å²) < 4.78 is 5.51. The molecule has 3 atom stereocenters. The predicted octanol–water partition coefficient (Wildman–Crippen LogP) is 4.99. The number of hydrogen-bond donors (Lipinski definition) is 1. The average molecular weight is 350 g/mol. The SMILES string of the molecule is CCc1ccc([C@H]2Nc3c(OC)ccc([N+](=O)[O-])c3C3C=CCC32)cc1. The molecule has 2 aliphatic rings. The van der Waals surface area contributed by atoms with Crippen molar-refractivity contribution in [3.8, 4) is 5.75 Å². The number of benzene rings is 2. The third-order valence-corrected chi connectivity index (χ3v) is 5.62. The standard InChI is InChI=1S/C21H22N2O3/c1-3-13-7-9-14(10-8-13)20-16-6-4-5-15(16)19-17(23(24)25)11-12-18(26-2)21(19)22-20/h4-5,7-12,15-16,20,22H,3,6H2,1-2H3/t15?,16?,20-/m1/s1. The van der Waals surface area contributed by atoms with Gasteiger partial charge in [0.25, 0.3) is 5.69 Å². The number of allylic oxidation sites excluding steroid dienone is 2. The zero-order valence-corrected chi connectivity index (χ0v) is 14.9. The Labute approximate surface area is 152 Å². The van der Waals surface area contributed by atoms with Crippen LogP contribution in [0.2, 0.25) is 0 Å². The maximum Gasteiger partial charge on any atom is 0.275 e. The van der Waals surface area contributed by atoms with Crippen molar-refractivity contribution >= 4 is 11.4 Å². The van der Waals surface area contributed by atoms with Gasteiger partial charge in [0.15, 0.2) is 0 Å². The fraction of sp³-hybridized carbons (Fsp3) is 0.333. The zero-order valence-electron chi connectivity index (χ0n) is 14.9. The van der Waals surface area contributed by atoms with E-state index < -0.39 is 0 Å². The summed E-state index contributed by atoms with van der Waals surface area (Å²) in [4.78, 5) is 11.3. The highest BCUT2D eigenvalue weighted by molar-refractivity contribution is 5.73. The summed E-state index contributed by atoms with van der Waals surface area (Å²) in [5, 5.41) is 15.2. The molecule has 5 heteroatoms. The molecule has 0 spiro atoms. The Morgan fingerprint density at radius 2 is 2.00 bits per heavy atom. The fourth-order valence-electron chi connectivity index (χ4n) is 4.28. The minimum Gasteiger partial charge on any atom is -0.495 e. The Bertz CT molecular complexity index is 874. The first-order chi connectivity index (χ1) is 12.6. The van der Waals surface area contributed by atoms with E-state index >= 15 is 0 Å². The van der Waals surface area contributed by atoms with Crippen LogP contribution in [0.3, 0.4) is 0 Å². The molecule has 0 radical (unpaired) electrons. The van der Waals surface area contributed by atoms with Crippen LogP contribution >= 0.6 is 0 Å². The molecular formula is C21H22N2O3. The number of rotatable bonds is 4. The average Bonchev–Trinajstić information content (AvgIpc) is 3.16. The molecule has 2 aromatic carbocycles. The molecule has 0 aromatic heterocycles. The second kappa shape index (κ2) is 6.48. The van der Waals surface area contributed by atoms with Crippen molar-refractivity contribution in [2.45, 2.75) is 31.7 Å². The Morgan fingerprint density at radius 1 is 1.23 bits per heavy atom. The van der Waals surface area contributed by atoms with E-state index in [1.165, 1.54) is 11.1 Å². The van der Waals surface area contributed by atoms with Gasteiger partial charge in [0.05, 0.1) is 29.3 Å². The number of ether oxygens (including phenoxy) is 1. The Balaban J connectivity index is 1.84. The van der Waals surface area contributed by atoms with Crippen molar-refractivity contribution in [2.75, 3.05) is 12.4 Å². The van der Waals surface area contributed by atoms with Crippen molar-refractivity contribution in [3.63, 3.8) is 0 Å². The van der Waals surface area contributed by atoms with Crippen LogP contribution in [-0.2, 0) is 6.42 Å². The number of methoxy groups -OCH3 is 1. The van der Waals surface area contributed by atoms with Crippen LogP contribution in [0.5, 0.6) is 5.75 Å². The fourth-order valence-corrected chi connectivity index (χ4v) is 4.28. The van der Waals surface area contributed by atoms with Crippen LogP contribution in [0.4, 0.5) is 11.4 Å². The largest absolute Gasteiger partial charge is 0.495 e. The van der Waals surface area contributed by atoms with E-state index in [9.17, 15) is 10.1 Å². The van der Waals surface area contributed by atoms with Gasteiger partial charge >= 0.3 is 0 Å². The molecule has 0 fully saturated rings. The topological polar surface area (TPSA) is 64.4 Å². The summed E-state index contributed by atoms with van der Waals surface area (Å²) in [5.41, 5.74) is 4.17. The molecule has 4 rings (SSSR count). The minimum atomic E-state index is -0.292. The smallest absolute Gasteiger partial charge is 0.275 e. The molecular weight excluding hydrogens is 328 g/mol. The summed E-state index contributed by atoms with van der Waals surface area (Å²) in [6, 6.07) is 12.0. The quantitative estimate of drug-likeness (QED) is 0.479. The summed E-state index contributed by atoms with van der Waals surface area (Å²) >= 11 is 0. The van der Waals surface area contributed by atoms with Gasteiger partial charge in [0.1, 0.15) is 5.75 Å². The lowest BCUT2D eigenvalue weighted by molar-refractivity contribution is -0.385. The van der Waals surface area contributed by atoms with Crippen LogP contribution in [0, 0.1) is 16.0 Å². The molecule has 134 valence electrons. The summed E-state index contributed by atoms with van der Waals surface area (Å²) in [6.45, 7) is 2.14. The van der Waals surface area contributed by atoms with Gasteiger partial charge in [-0.15, -0.1) is 0 Å². The molecule has 0 amide bonds. The van der Waals surface area contributed by atoms with Gasteiger partial charge in [0.2, 0.25) is 0 Å². The van der Waals surface area contributed by atoms with Crippen LogP contribution in [0.15, 0.2) is 48.6 Å². The lowest BCUT2D eigenvalue weighted by Crippen LogP contribution is -2.30. The molecule has 26 heavy (non-hydrogen) atoms. The van der Waals surface area contributed by atoms with Gasteiger partial charge in [0, 0.05) is 12.0 Å². The zero-order chi connectivity index (χ0) is 18.3. The second-order valence-corrected chi connectivity index (χ2v) is 6.90. The van der Waals surface area contributed by atoms with Crippen LogP contribution in [0.25, 0.3) is 0 Å². The van der Waals surface area contributed by atoms with E-state index in [1.54, 1.807) is 19.2 Å². The van der Waals surface area contributed by atoms with Crippen molar-refractivity contribution in [3.05, 3.63) is 75.4 Å². The summed E-state index contributed by atoms with van der Waals surface area (Å²) in [6.07, 6.45) is 6.17. The number of nitro groups is 1. The van der Waals surface area contributed by atoms with Crippen LogP contribution < -0.4 is 10.1 Å². The van der Waals surface area contributed by atoms with E-state index in [0.29, 0.717) is 5.75 Å². The van der Waals surface area contributed by atoms with Gasteiger partial charge < -0.3 is 10.1 Å². The number of anilines is 1. The maximum atomic E-state index is 11.6. The van der Waals surface area contributed by atoms with E-state index in [2.05, 4.69) is 48.7 Å². The molecule has 5 nitrogen and oxygen atoms in total. The van der Waals surface area contributed by atoms with E-state index in [4.69, 9.17) is 4.74 Å². The first kappa shape index (κ1) is 16.6. The van der Waals surface area contributed by atoms with Crippen LogP contribution in [-0.4, -0.2) is 12.0 Å². The monoisotopic (exact) mass is 350 g/mol. The maximum absolute atomic E-state index is 11.6. The van der Waals surface area contributed by atoms with E-state index in [-0.39, 0.29) is 28.5 Å². The molecule has 1 N–H and O–H groups in total. The molecule has 0 saturated carbocycles. The third-order valence-electron chi connectivity index (χ3n) is 5.62. The number of nitro benzene ring substituents is 1. The van der Waals surface area contributed by atoms with Gasteiger partial charge in [-0.05, 0) is 36.0 Å². The number of nitrogens with zero attached hydrogens (tertiary/aromatic N) is 1. The molecule has 0 saturated heterocycles. The second-order valence-electron chi connectivity index (χ2n) is 6.90. The minimum absolute atomic E-state index is 0.0256. The lowest BCUT2D eigenvalue weighted by Gasteiger charge is -2.37. The Morgan fingerprint density at radius 3 is 2.65 bits per heavy atom. The van der Waals surface area contributed by atoms with Crippen molar-refractivity contribution in [1.82, 2.24) is 0 Å². The van der Waals surface area contributed by atoms with Gasteiger partial charge in [-0.1, -0.05) is 43.3 Å². The molecule has 0 bridgehead atoms. The van der Waals surface area contributed by atoms with E-state index in [1.807, 2.05) is 0 Å². The Hall–Kier alpha value is -2.82.